The molecule has 1 spiro atoms. The van der Waals surface area contributed by atoms with E-state index in [0.717, 1.165) is 17.7 Å². The molecule has 2 atom stereocenters. The van der Waals surface area contributed by atoms with Crippen molar-refractivity contribution in [1.82, 2.24) is 20.5 Å². The number of carbonyl (C=O) groups is 2. The van der Waals surface area contributed by atoms with Gasteiger partial charge in [0.05, 0.1) is 11.5 Å². The molecule has 0 aliphatic carbocycles. The molecule has 1 fully saturated rings. The second-order valence-electron chi connectivity index (χ2n) is 9.71. The minimum atomic E-state index is -0.609. The highest BCUT2D eigenvalue weighted by Crippen LogP contribution is 2.36. The molecule has 6 heteroatoms. The Labute approximate surface area is 178 Å². The molecule has 6 nitrogen and oxygen atoms in total. The van der Waals surface area contributed by atoms with Gasteiger partial charge in [-0.1, -0.05) is 18.2 Å². The van der Waals surface area contributed by atoms with E-state index >= 15 is 0 Å². The predicted octanol–water partition coefficient (Wildman–Crippen LogP) is 2.46. The lowest BCUT2D eigenvalue weighted by molar-refractivity contribution is -0.127. The van der Waals surface area contributed by atoms with Crippen LogP contribution in [0.2, 0.25) is 0 Å². The molecule has 158 valence electrons. The third kappa shape index (κ3) is 3.97. The molecule has 4 rings (SSSR count). The van der Waals surface area contributed by atoms with Crippen molar-refractivity contribution in [1.29, 1.82) is 0 Å². The Morgan fingerprint density at radius 3 is 2.80 bits per heavy atom. The maximum absolute atomic E-state index is 13.3. The number of nitrogens with zero attached hydrogens (tertiary/aromatic N) is 2. The average Bonchev–Trinajstić information content (AvgIpc) is 2.99. The van der Waals surface area contributed by atoms with E-state index in [1.54, 1.807) is 6.20 Å². The Kier molecular flexibility index (Phi) is 5.14. The Bertz CT molecular complexity index is 981. The molecule has 2 aliphatic heterocycles. The first-order valence-corrected chi connectivity index (χ1v) is 10.5. The van der Waals surface area contributed by atoms with Gasteiger partial charge in [0.1, 0.15) is 0 Å². The average molecular weight is 407 g/mol. The van der Waals surface area contributed by atoms with E-state index in [1.807, 2.05) is 57.3 Å². The highest BCUT2D eigenvalue weighted by Gasteiger charge is 2.53. The minimum absolute atomic E-state index is 0.00358. The lowest BCUT2D eigenvalue weighted by Gasteiger charge is -2.40. The maximum atomic E-state index is 13.3. The standard InChI is InChI=1S/C24H30N4O2/c1-16-12-25-10-9-18(16)13-28-14-20(22(30)26-23(2,3)4)24(15-28)11-17-7-5-6-8-19(17)21(29)27-24/h5-10,12,20H,11,13-15H2,1-4H3,(H,26,30)(H,27,29)/t20-,24+/m0/s1. The summed E-state index contributed by atoms with van der Waals surface area (Å²) >= 11 is 0. The smallest absolute Gasteiger partial charge is 0.252 e. The fraction of sp³-hybridized carbons (Fsp3) is 0.458. The molecule has 1 saturated heterocycles. The molecule has 3 heterocycles. The Morgan fingerprint density at radius 1 is 1.30 bits per heavy atom. The monoisotopic (exact) mass is 406 g/mol. The van der Waals surface area contributed by atoms with Crippen LogP contribution in [0.15, 0.2) is 42.7 Å². The van der Waals surface area contributed by atoms with Crippen LogP contribution in [0.1, 0.15) is 47.8 Å². The van der Waals surface area contributed by atoms with Gasteiger partial charge in [-0.15, -0.1) is 0 Å². The van der Waals surface area contributed by atoms with E-state index in [1.165, 1.54) is 5.56 Å². The molecule has 0 saturated carbocycles. The molecular weight excluding hydrogens is 376 g/mol. The van der Waals surface area contributed by atoms with Gasteiger partial charge in [0.2, 0.25) is 5.91 Å². The number of amides is 2. The van der Waals surface area contributed by atoms with Crippen LogP contribution in [-0.4, -0.2) is 45.9 Å². The molecule has 2 amide bonds. The number of hydrogen-bond donors (Lipinski definition) is 2. The quantitative estimate of drug-likeness (QED) is 0.821. The number of likely N-dealkylation sites (tertiary alicyclic amines) is 1. The fourth-order valence-electron chi connectivity index (χ4n) is 4.72. The van der Waals surface area contributed by atoms with Gasteiger partial charge in [0.25, 0.3) is 5.91 Å². The molecule has 30 heavy (non-hydrogen) atoms. The number of carbonyl (C=O) groups excluding carboxylic acids is 2. The van der Waals surface area contributed by atoms with Crippen LogP contribution < -0.4 is 10.6 Å². The van der Waals surface area contributed by atoms with Crippen molar-refractivity contribution in [2.45, 2.75) is 51.7 Å². The van der Waals surface area contributed by atoms with Gasteiger partial charge < -0.3 is 10.6 Å². The number of fused-ring (bicyclic) bond motifs is 1. The number of rotatable bonds is 3. The van der Waals surface area contributed by atoms with Crippen LogP contribution in [0.25, 0.3) is 0 Å². The molecule has 1 aromatic heterocycles. The van der Waals surface area contributed by atoms with Gasteiger partial charge in [-0.05, 0) is 62.9 Å². The van der Waals surface area contributed by atoms with Crippen molar-refractivity contribution in [2.75, 3.05) is 13.1 Å². The number of pyridine rings is 1. The first-order chi connectivity index (χ1) is 14.2. The number of aryl methyl sites for hydroxylation is 1. The Balaban J connectivity index is 1.66. The van der Waals surface area contributed by atoms with Crippen molar-refractivity contribution in [2.24, 2.45) is 5.92 Å². The number of nitrogens with one attached hydrogen (secondary N) is 2. The molecular formula is C24H30N4O2. The second kappa shape index (κ2) is 7.51. The molecule has 0 unspecified atom stereocenters. The summed E-state index contributed by atoms with van der Waals surface area (Å²) < 4.78 is 0. The molecule has 2 N–H and O–H groups in total. The van der Waals surface area contributed by atoms with Crippen LogP contribution in [-0.2, 0) is 17.8 Å². The lowest BCUT2D eigenvalue weighted by Crippen LogP contribution is -2.62. The van der Waals surface area contributed by atoms with E-state index in [0.29, 0.717) is 25.1 Å². The number of benzene rings is 1. The van der Waals surface area contributed by atoms with Gasteiger partial charge >= 0.3 is 0 Å². The molecule has 0 bridgehead atoms. The summed E-state index contributed by atoms with van der Waals surface area (Å²) in [6, 6.07) is 9.73. The topological polar surface area (TPSA) is 74.3 Å². The van der Waals surface area contributed by atoms with Crippen molar-refractivity contribution < 1.29 is 9.59 Å². The lowest BCUT2D eigenvalue weighted by atomic mass is 9.76. The number of hydrogen-bond acceptors (Lipinski definition) is 4. The molecule has 2 aromatic rings. The fourth-order valence-corrected chi connectivity index (χ4v) is 4.72. The van der Waals surface area contributed by atoms with Crippen LogP contribution in [0.3, 0.4) is 0 Å². The molecule has 0 radical (unpaired) electrons. The van der Waals surface area contributed by atoms with E-state index < -0.39 is 5.54 Å². The normalized spacial score (nSPS) is 23.9. The van der Waals surface area contributed by atoms with Crippen molar-refractivity contribution in [3.8, 4) is 0 Å². The summed E-state index contributed by atoms with van der Waals surface area (Å²) in [7, 11) is 0. The summed E-state index contributed by atoms with van der Waals surface area (Å²) in [5, 5.41) is 6.38. The SMILES string of the molecule is Cc1cnccc1CN1C[C@@H](C(=O)NC(C)(C)C)[C@@]2(Cc3ccccc3C(=O)N2)C1. The third-order valence-electron chi connectivity index (χ3n) is 6.09. The second-order valence-corrected chi connectivity index (χ2v) is 9.71. The van der Waals surface area contributed by atoms with Crippen LogP contribution in [0.5, 0.6) is 0 Å². The van der Waals surface area contributed by atoms with Crippen molar-refractivity contribution >= 4 is 11.8 Å². The predicted molar refractivity (Wildman–Crippen MR) is 116 cm³/mol. The first-order valence-electron chi connectivity index (χ1n) is 10.5. The largest absolute Gasteiger partial charge is 0.351 e. The van der Waals surface area contributed by atoms with E-state index in [-0.39, 0.29) is 23.3 Å². The van der Waals surface area contributed by atoms with Gasteiger partial charge in [-0.3, -0.25) is 19.5 Å². The van der Waals surface area contributed by atoms with Gasteiger partial charge in [0.15, 0.2) is 0 Å². The minimum Gasteiger partial charge on any atom is -0.351 e. The zero-order valence-corrected chi connectivity index (χ0v) is 18.2. The number of aromatic nitrogens is 1. The van der Waals surface area contributed by atoms with Gasteiger partial charge in [0, 0.05) is 43.1 Å². The highest BCUT2D eigenvalue weighted by atomic mass is 16.2. The summed E-state index contributed by atoms with van der Waals surface area (Å²) in [6.07, 6.45) is 4.32. The van der Waals surface area contributed by atoms with Gasteiger partial charge in [-0.2, -0.15) is 0 Å². The Hall–Kier alpha value is -2.73. The highest BCUT2D eigenvalue weighted by molar-refractivity contribution is 5.98. The third-order valence-corrected chi connectivity index (χ3v) is 6.09. The summed E-state index contributed by atoms with van der Waals surface area (Å²) in [4.78, 5) is 32.7. The molecule has 1 aromatic carbocycles. The zero-order valence-electron chi connectivity index (χ0n) is 18.2. The Morgan fingerprint density at radius 2 is 2.07 bits per heavy atom. The van der Waals surface area contributed by atoms with Crippen molar-refractivity contribution in [3.63, 3.8) is 0 Å². The summed E-state index contributed by atoms with van der Waals surface area (Å²) in [5.74, 6) is -0.417. The first kappa shape index (κ1) is 20.5. The van der Waals surface area contributed by atoms with Crippen molar-refractivity contribution in [3.05, 3.63) is 65.0 Å². The van der Waals surface area contributed by atoms with E-state index in [4.69, 9.17) is 0 Å². The summed E-state index contributed by atoms with van der Waals surface area (Å²) in [6.45, 7) is 9.98. The van der Waals surface area contributed by atoms with E-state index in [9.17, 15) is 9.59 Å². The maximum Gasteiger partial charge on any atom is 0.252 e. The van der Waals surface area contributed by atoms with E-state index in [2.05, 4.69) is 27.4 Å². The van der Waals surface area contributed by atoms with Crippen LogP contribution in [0, 0.1) is 12.8 Å². The van der Waals surface area contributed by atoms with Gasteiger partial charge in [-0.25, -0.2) is 0 Å². The van der Waals surface area contributed by atoms with Crippen LogP contribution in [0.4, 0.5) is 0 Å². The summed E-state index contributed by atoms with van der Waals surface area (Å²) in [5.41, 5.74) is 3.11. The molecule has 2 aliphatic rings. The zero-order chi connectivity index (χ0) is 21.5. The van der Waals surface area contributed by atoms with Crippen LogP contribution >= 0.6 is 0 Å².